The lowest BCUT2D eigenvalue weighted by molar-refractivity contribution is 0.270. The van der Waals surface area contributed by atoms with E-state index in [1.165, 1.54) is 32.1 Å². The SMILES string of the molecule is CCNCCCCS(=O)(=O)NCC1CCC(CC)CC1. The van der Waals surface area contributed by atoms with Crippen molar-refractivity contribution in [3.8, 4) is 0 Å². The molecule has 0 saturated heterocycles. The third-order valence-electron chi connectivity index (χ3n) is 4.40. The van der Waals surface area contributed by atoms with Gasteiger partial charge in [-0.25, -0.2) is 13.1 Å². The van der Waals surface area contributed by atoms with E-state index in [1.54, 1.807) is 0 Å². The zero-order chi connectivity index (χ0) is 14.8. The highest BCUT2D eigenvalue weighted by molar-refractivity contribution is 7.89. The Labute approximate surface area is 125 Å². The molecule has 0 aromatic rings. The molecule has 0 aromatic carbocycles. The van der Waals surface area contributed by atoms with Gasteiger partial charge >= 0.3 is 0 Å². The molecule has 1 fully saturated rings. The van der Waals surface area contributed by atoms with Crippen molar-refractivity contribution in [3.05, 3.63) is 0 Å². The zero-order valence-electron chi connectivity index (χ0n) is 13.2. The van der Waals surface area contributed by atoms with E-state index >= 15 is 0 Å². The van der Waals surface area contributed by atoms with Crippen LogP contribution in [0.25, 0.3) is 0 Å². The summed E-state index contributed by atoms with van der Waals surface area (Å²) >= 11 is 0. The second-order valence-corrected chi connectivity index (χ2v) is 7.95. The Morgan fingerprint density at radius 3 is 2.25 bits per heavy atom. The number of nitrogens with one attached hydrogen (secondary N) is 2. The molecule has 120 valence electrons. The summed E-state index contributed by atoms with van der Waals surface area (Å²) in [4.78, 5) is 0. The Bertz CT molecular complexity index is 336. The summed E-state index contributed by atoms with van der Waals surface area (Å²) in [6, 6.07) is 0. The van der Waals surface area contributed by atoms with Gasteiger partial charge in [-0.05, 0) is 50.6 Å². The van der Waals surface area contributed by atoms with Crippen molar-refractivity contribution in [3.63, 3.8) is 0 Å². The highest BCUT2D eigenvalue weighted by Crippen LogP contribution is 2.30. The summed E-state index contributed by atoms with van der Waals surface area (Å²) in [7, 11) is -3.07. The van der Waals surface area contributed by atoms with Crippen LogP contribution >= 0.6 is 0 Å². The van der Waals surface area contributed by atoms with Gasteiger partial charge in [0, 0.05) is 6.54 Å². The van der Waals surface area contributed by atoms with Crippen molar-refractivity contribution in [2.45, 2.75) is 58.8 Å². The van der Waals surface area contributed by atoms with Crippen LogP contribution in [0.4, 0.5) is 0 Å². The molecule has 5 heteroatoms. The second kappa shape index (κ2) is 9.74. The number of hydrogen-bond acceptors (Lipinski definition) is 3. The lowest BCUT2D eigenvalue weighted by atomic mass is 9.81. The summed E-state index contributed by atoms with van der Waals surface area (Å²) < 4.78 is 26.6. The minimum absolute atomic E-state index is 0.267. The van der Waals surface area contributed by atoms with Gasteiger partial charge in [-0.3, -0.25) is 0 Å². The molecule has 0 bridgehead atoms. The van der Waals surface area contributed by atoms with Crippen molar-refractivity contribution in [1.29, 1.82) is 0 Å². The molecule has 0 aliphatic heterocycles. The Kier molecular flexibility index (Phi) is 8.73. The van der Waals surface area contributed by atoms with E-state index in [0.29, 0.717) is 12.5 Å². The Hall–Kier alpha value is -0.130. The molecule has 1 saturated carbocycles. The van der Waals surface area contributed by atoms with Crippen LogP contribution in [0.3, 0.4) is 0 Å². The van der Waals surface area contributed by atoms with Crippen molar-refractivity contribution in [1.82, 2.24) is 10.0 Å². The predicted molar refractivity (Wildman–Crippen MR) is 85.3 cm³/mol. The average Bonchev–Trinajstić information content (AvgIpc) is 2.45. The first-order chi connectivity index (χ1) is 9.57. The molecule has 0 unspecified atom stereocenters. The molecular weight excluding hydrogens is 272 g/mol. The minimum atomic E-state index is -3.07. The van der Waals surface area contributed by atoms with E-state index in [1.807, 2.05) is 0 Å². The number of hydrogen-bond donors (Lipinski definition) is 2. The molecule has 0 heterocycles. The average molecular weight is 305 g/mol. The molecule has 1 rings (SSSR count). The van der Waals surface area contributed by atoms with Crippen molar-refractivity contribution in [2.75, 3.05) is 25.4 Å². The van der Waals surface area contributed by atoms with Gasteiger partial charge in [0.1, 0.15) is 0 Å². The standard InChI is InChI=1S/C15H32N2O2S/c1-3-14-7-9-15(10-8-14)13-17-20(18,19)12-6-5-11-16-4-2/h14-17H,3-13H2,1-2H3. The molecule has 0 aromatic heterocycles. The van der Waals surface area contributed by atoms with E-state index < -0.39 is 10.0 Å². The van der Waals surface area contributed by atoms with Crippen molar-refractivity contribution < 1.29 is 8.42 Å². The fourth-order valence-electron chi connectivity index (χ4n) is 2.88. The summed E-state index contributed by atoms with van der Waals surface area (Å²) in [6.45, 7) is 6.82. The van der Waals surface area contributed by atoms with E-state index in [9.17, 15) is 8.42 Å². The largest absolute Gasteiger partial charge is 0.317 e. The molecule has 2 N–H and O–H groups in total. The van der Waals surface area contributed by atoms with E-state index in [0.717, 1.165) is 31.8 Å². The summed E-state index contributed by atoms with van der Waals surface area (Å²) in [5, 5.41) is 3.21. The van der Waals surface area contributed by atoms with E-state index in [4.69, 9.17) is 0 Å². The molecule has 0 radical (unpaired) electrons. The van der Waals surface area contributed by atoms with Crippen molar-refractivity contribution in [2.24, 2.45) is 11.8 Å². The van der Waals surface area contributed by atoms with Gasteiger partial charge in [-0.2, -0.15) is 0 Å². The lowest BCUT2D eigenvalue weighted by Gasteiger charge is -2.27. The maximum absolute atomic E-state index is 11.9. The van der Waals surface area contributed by atoms with Crippen LogP contribution in [0.1, 0.15) is 58.8 Å². The zero-order valence-corrected chi connectivity index (χ0v) is 14.0. The molecule has 0 spiro atoms. The van der Waals surface area contributed by atoms with Crippen LogP contribution in [0, 0.1) is 11.8 Å². The Morgan fingerprint density at radius 1 is 1.00 bits per heavy atom. The molecule has 0 amide bonds. The monoisotopic (exact) mass is 304 g/mol. The van der Waals surface area contributed by atoms with E-state index in [-0.39, 0.29) is 5.75 Å². The Balaban J connectivity index is 2.13. The van der Waals surface area contributed by atoms with Gasteiger partial charge in [0.25, 0.3) is 0 Å². The first-order valence-electron chi connectivity index (χ1n) is 8.25. The smallest absolute Gasteiger partial charge is 0.211 e. The summed E-state index contributed by atoms with van der Waals surface area (Å²) in [5.74, 6) is 1.69. The molecule has 20 heavy (non-hydrogen) atoms. The van der Waals surface area contributed by atoms with E-state index in [2.05, 4.69) is 23.9 Å². The highest BCUT2D eigenvalue weighted by Gasteiger charge is 2.21. The van der Waals surface area contributed by atoms with Gasteiger partial charge in [0.2, 0.25) is 10.0 Å². The minimum Gasteiger partial charge on any atom is -0.317 e. The third kappa shape index (κ3) is 7.60. The normalized spacial score (nSPS) is 23.9. The van der Waals surface area contributed by atoms with Gasteiger partial charge in [-0.1, -0.05) is 33.1 Å². The number of unbranched alkanes of at least 4 members (excludes halogenated alkanes) is 1. The van der Waals surface area contributed by atoms with Gasteiger partial charge in [0.15, 0.2) is 0 Å². The topological polar surface area (TPSA) is 58.2 Å². The first-order valence-corrected chi connectivity index (χ1v) is 9.90. The lowest BCUT2D eigenvalue weighted by Crippen LogP contribution is -2.33. The molecule has 1 aliphatic carbocycles. The first kappa shape index (κ1) is 17.9. The van der Waals surface area contributed by atoms with Crippen LogP contribution < -0.4 is 10.0 Å². The number of sulfonamides is 1. The molecular formula is C15H32N2O2S. The molecule has 4 nitrogen and oxygen atoms in total. The molecule has 0 atom stereocenters. The fourth-order valence-corrected chi connectivity index (χ4v) is 4.10. The van der Waals surface area contributed by atoms with Crippen LogP contribution in [-0.4, -0.2) is 33.8 Å². The predicted octanol–water partition coefficient (Wildman–Crippen LogP) is 2.51. The quantitative estimate of drug-likeness (QED) is 0.610. The maximum Gasteiger partial charge on any atom is 0.211 e. The Morgan fingerprint density at radius 2 is 1.65 bits per heavy atom. The fraction of sp³-hybridized carbons (Fsp3) is 1.00. The van der Waals surface area contributed by atoms with Gasteiger partial charge < -0.3 is 5.32 Å². The van der Waals surface area contributed by atoms with Crippen LogP contribution in [0.2, 0.25) is 0 Å². The van der Waals surface area contributed by atoms with Crippen LogP contribution in [0.15, 0.2) is 0 Å². The van der Waals surface area contributed by atoms with Crippen LogP contribution in [-0.2, 0) is 10.0 Å². The summed E-state index contributed by atoms with van der Waals surface area (Å²) in [5.41, 5.74) is 0. The van der Waals surface area contributed by atoms with Gasteiger partial charge in [-0.15, -0.1) is 0 Å². The third-order valence-corrected chi connectivity index (χ3v) is 5.83. The molecule has 1 aliphatic rings. The highest BCUT2D eigenvalue weighted by atomic mass is 32.2. The number of rotatable bonds is 10. The summed E-state index contributed by atoms with van der Waals surface area (Å²) in [6.07, 6.45) is 7.84. The van der Waals surface area contributed by atoms with Crippen LogP contribution in [0.5, 0.6) is 0 Å². The van der Waals surface area contributed by atoms with Crippen molar-refractivity contribution >= 4 is 10.0 Å². The maximum atomic E-state index is 11.9. The van der Waals surface area contributed by atoms with Gasteiger partial charge in [0.05, 0.1) is 5.75 Å². The second-order valence-electron chi connectivity index (χ2n) is 6.02.